The summed E-state index contributed by atoms with van der Waals surface area (Å²) in [6, 6.07) is 1.13. The number of nitrogens with one attached hydrogen (secondary N) is 1. The molecule has 0 aromatic carbocycles. The summed E-state index contributed by atoms with van der Waals surface area (Å²) in [7, 11) is 3.97. The number of likely N-dealkylation sites (tertiary alicyclic amines) is 1. The van der Waals surface area contributed by atoms with E-state index in [4.69, 9.17) is 4.42 Å². The first-order chi connectivity index (χ1) is 9.19. The molecule has 1 fully saturated rings. The van der Waals surface area contributed by atoms with Gasteiger partial charge in [-0.3, -0.25) is 4.90 Å². The van der Waals surface area contributed by atoms with Crippen molar-refractivity contribution in [2.45, 2.75) is 38.8 Å². The molecule has 0 radical (unpaired) electrons. The molecule has 0 saturated carbocycles. The lowest BCUT2D eigenvalue weighted by Gasteiger charge is -2.34. The van der Waals surface area contributed by atoms with Gasteiger partial charge in [0, 0.05) is 12.6 Å². The minimum absolute atomic E-state index is 0.540. The molecule has 19 heavy (non-hydrogen) atoms. The highest BCUT2D eigenvalue weighted by atomic mass is 16.4. The first-order valence-corrected chi connectivity index (χ1v) is 7.14. The van der Waals surface area contributed by atoms with Crippen LogP contribution in [0.5, 0.6) is 0 Å². The second-order valence-electron chi connectivity index (χ2n) is 5.40. The van der Waals surface area contributed by atoms with Crippen molar-refractivity contribution in [2.75, 3.05) is 39.0 Å². The van der Waals surface area contributed by atoms with Crippen LogP contribution in [0.3, 0.4) is 0 Å². The molecule has 0 amide bonds. The molecule has 1 aromatic rings. The molecule has 0 bridgehead atoms. The van der Waals surface area contributed by atoms with Crippen molar-refractivity contribution in [1.82, 2.24) is 20.0 Å². The molecular formula is C13H25N5O. The van der Waals surface area contributed by atoms with E-state index < -0.39 is 0 Å². The molecule has 1 saturated heterocycles. The molecular weight excluding hydrogens is 242 g/mol. The second-order valence-corrected chi connectivity index (χ2v) is 5.40. The molecule has 0 spiro atoms. The Hall–Kier alpha value is -1.14. The Balaban J connectivity index is 1.82. The van der Waals surface area contributed by atoms with Crippen LogP contribution in [0.2, 0.25) is 0 Å². The predicted octanol–water partition coefficient (Wildman–Crippen LogP) is 1.42. The molecule has 0 aliphatic carbocycles. The Morgan fingerprint density at radius 1 is 1.37 bits per heavy atom. The van der Waals surface area contributed by atoms with Crippen LogP contribution >= 0.6 is 0 Å². The minimum atomic E-state index is 0.540. The molecule has 6 heteroatoms. The molecule has 1 aliphatic heterocycles. The van der Waals surface area contributed by atoms with Crippen LogP contribution in [0.15, 0.2) is 4.42 Å². The molecule has 108 valence electrons. The largest absolute Gasteiger partial charge is 0.407 e. The maximum atomic E-state index is 5.56. The summed E-state index contributed by atoms with van der Waals surface area (Å²) < 4.78 is 5.56. The van der Waals surface area contributed by atoms with E-state index in [-0.39, 0.29) is 0 Å². The first-order valence-electron chi connectivity index (χ1n) is 7.14. The number of likely N-dealkylation sites (N-methyl/N-ethyl adjacent to an activating group) is 1. The van der Waals surface area contributed by atoms with E-state index in [2.05, 4.69) is 27.3 Å². The van der Waals surface area contributed by atoms with Crippen molar-refractivity contribution in [3.8, 4) is 0 Å². The Labute approximate surface area is 115 Å². The third-order valence-electron chi connectivity index (χ3n) is 3.56. The summed E-state index contributed by atoms with van der Waals surface area (Å²) in [6.45, 7) is 6.11. The van der Waals surface area contributed by atoms with Crippen LogP contribution in [0.4, 0.5) is 6.01 Å². The van der Waals surface area contributed by atoms with Crippen LogP contribution in [0.25, 0.3) is 0 Å². The normalized spacial score (nSPS) is 20.9. The number of nitrogens with zero attached hydrogens (tertiary/aromatic N) is 4. The molecule has 6 nitrogen and oxygen atoms in total. The Bertz CT molecular complexity index is 379. The van der Waals surface area contributed by atoms with E-state index in [1.807, 2.05) is 19.0 Å². The molecule has 2 heterocycles. The van der Waals surface area contributed by atoms with Gasteiger partial charge in [-0.05, 0) is 40.0 Å². The van der Waals surface area contributed by atoms with Crippen LogP contribution < -0.4 is 5.32 Å². The highest BCUT2D eigenvalue weighted by Crippen LogP contribution is 2.17. The van der Waals surface area contributed by atoms with Crippen molar-refractivity contribution < 1.29 is 4.42 Å². The number of aromatic nitrogens is 2. The maximum Gasteiger partial charge on any atom is 0.315 e. The fourth-order valence-corrected chi connectivity index (χ4v) is 2.57. The number of hydrogen-bond acceptors (Lipinski definition) is 6. The lowest BCUT2D eigenvalue weighted by molar-refractivity contribution is 0.164. The highest BCUT2D eigenvalue weighted by molar-refractivity contribution is 5.17. The molecule has 1 atom stereocenters. The van der Waals surface area contributed by atoms with Gasteiger partial charge in [-0.1, -0.05) is 18.4 Å². The molecule has 1 aliphatic rings. The summed E-state index contributed by atoms with van der Waals surface area (Å²) in [5, 5.41) is 11.3. The Kier molecular flexibility index (Phi) is 5.15. The maximum absolute atomic E-state index is 5.56. The van der Waals surface area contributed by atoms with Crippen molar-refractivity contribution in [3.63, 3.8) is 0 Å². The zero-order valence-electron chi connectivity index (χ0n) is 12.2. The minimum Gasteiger partial charge on any atom is -0.407 e. The monoisotopic (exact) mass is 267 g/mol. The number of rotatable bonds is 6. The van der Waals surface area contributed by atoms with Crippen molar-refractivity contribution in [1.29, 1.82) is 0 Å². The van der Waals surface area contributed by atoms with Crippen molar-refractivity contribution >= 4 is 6.01 Å². The number of piperidine rings is 1. The van der Waals surface area contributed by atoms with Gasteiger partial charge in [0.1, 0.15) is 0 Å². The first kappa shape index (κ1) is 14.3. The molecule has 1 unspecified atom stereocenters. The van der Waals surface area contributed by atoms with E-state index in [9.17, 15) is 0 Å². The van der Waals surface area contributed by atoms with Gasteiger partial charge in [-0.2, -0.15) is 0 Å². The zero-order valence-corrected chi connectivity index (χ0v) is 12.2. The SMILES string of the molecule is CCN1CCCCC1CNc1nnc(CN(C)C)o1. The van der Waals surface area contributed by atoms with Gasteiger partial charge in [0.15, 0.2) is 0 Å². The lowest BCUT2D eigenvalue weighted by Crippen LogP contribution is -2.43. The highest BCUT2D eigenvalue weighted by Gasteiger charge is 2.21. The topological polar surface area (TPSA) is 57.4 Å². The van der Waals surface area contributed by atoms with Gasteiger partial charge in [0.2, 0.25) is 5.89 Å². The summed E-state index contributed by atoms with van der Waals surface area (Å²) in [4.78, 5) is 4.53. The van der Waals surface area contributed by atoms with Crippen LogP contribution in [-0.4, -0.2) is 59.8 Å². The third kappa shape index (κ3) is 4.18. The van der Waals surface area contributed by atoms with Crippen molar-refractivity contribution in [2.24, 2.45) is 0 Å². The fourth-order valence-electron chi connectivity index (χ4n) is 2.57. The van der Waals surface area contributed by atoms with Crippen LogP contribution in [-0.2, 0) is 6.54 Å². The summed E-state index contributed by atoms with van der Waals surface area (Å²) in [6.07, 6.45) is 3.88. The molecule has 1 N–H and O–H groups in total. The van der Waals surface area contributed by atoms with E-state index in [1.165, 1.54) is 25.8 Å². The van der Waals surface area contributed by atoms with E-state index in [0.29, 0.717) is 24.5 Å². The van der Waals surface area contributed by atoms with Gasteiger partial charge < -0.3 is 14.6 Å². The van der Waals surface area contributed by atoms with Gasteiger partial charge in [-0.25, -0.2) is 0 Å². The van der Waals surface area contributed by atoms with Gasteiger partial charge >= 0.3 is 6.01 Å². The standard InChI is InChI=1S/C13H25N5O/c1-4-18-8-6-5-7-11(18)9-14-13-16-15-12(19-13)10-17(2)3/h11H,4-10H2,1-3H3,(H,14,16). The Morgan fingerprint density at radius 2 is 2.21 bits per heavy atom. The summed E-state index contributed by atoms with van der Waals surface area (Å²) in [5.74, 6) is 0.656. The third-order valence-corrected chi connectivity index (χ3v) is 3.56. The molecule has 1 aromatic heterocycles. The van der Waals surface area contributed by atoms with Crippen LogP contribution in [0, 0.1) is 0 Å². The van der Waals surface area contributed by atoms with Gasteiger partial charge in [0.05, 0.1) is 6.54 Å². The summed E-state index contributed by atoms with van der Waals surface area (Å²) in [5.41, 5.74) is 0. The number of anilines is 1. The average Bonchev–Trinajstić information content (AvgIpc) is 2.83. The molecule has 2 rings (SSSR count). The quantitative estimate of drug-likeness (QED) is 0.841. The smallest absolute Gasteiger partial charge is 0.315 e. The Morgan fingerprint density at radius 3 is 2.95 bits per heavy atom. The van der Waals surface area contributed by atoms with Crippen LogP contribution in [0.1, 0.15) is 32.1 Å². The average molecular weight is 267 g/mol. The van der Waals surface area contributed by atoms with E-state index in [0.717, 1.165) is 13.1 Å². The van der Waals surface area contributed by atoms with Gasteiger partial charge in [-0.15, -0.1) is 5.10 Å². The van der Waals surface area contributed by atoms with E-state index >= 15 is 0 Å². The van der Waals surface area contributed by atoms with Gasteiger partial charge in [0.25, 0.3) is 0 Å². The number of hydrogen-bond donors (Lipinski definition) is 1. The fraction of sp³-hybridized carbons (Fsp3) is 0.846. The lowest BCUT2D eigenvalue weighted by atomic mass is 10.0. The second kappa shape index (κ2) is 6.86. The summed E-state index contributed by atoms with van der Waals surface area (Å²) >= 11 is 0. The predicted molar refractivity (Wildman–Crippen MR) is 75.1 cm³/mol. The van der Waals surface area contributed by atoms with E-state index in [1.54, 1.807) is 0 Å². The zero-order chi connectivity index (χ0) is 13.7. The van der Waals surface area contributed by atoms with Crippen molar-refractivity contribution in [3.05, 3.63) is 5.89 Å².